The second-order valence-electron chi connectivity index (χ2n) is 2.78. The van der Waals surface area contributed by atoms with Crippen LogP contribution in [-0.2, 0) is 0 Å². The quantitative estimate of drug-likeness (QED) is 0.720. The van der Waals surface area contributed by atoms with Gasteiger partial charge >= 0.3 is 0 Å². The molecule has 0 aliphatic rings. The van der Waals surface area contributed by atoms with E-state index in [1.807, 2.05) is 7.05 Å². The highest BCUT2D eigenvalue weighted by Crippen LogP contribution is 2.18. The van der Waals surface area contributed by atoms with Gasteiger partial charge in [-0.15, -0.1) is 11.8 Å². The summed E-state index contributed by atoms with van der Waals surface area (Å²) in [6.45, 7) is 2.16. The second-order valence-corrected chi connectivity index (χ2v) is 3.66. The molecule has 1 N–H and O–H groups in total. The molecule has 0 saturated heterocycles. The zero-order chi connectivity index (χ0) is 8.97. The minimum absolute atomic E-state index is 0.445. The molecule has 1 nitrogen and oxygen atoms in total. The van der Waals surface area contributed by atoms with Crippen LogP contribution in [-0.4, -0.2) is 13.3 Å². The average Bonchev–Trinajstić information content (AvgIpc) is 2.17. The second kappa shape index (κ2) is 4.53. The van der Waals surface area contributed by atoms with Gasteiger partial charge in [0.25, 0.3) is 0 Å². The van der Waals surface area contributed by atoms with Crippen molar-refractivity contribution in [3.05, 3.63) is 29.8 Å². The van der Waals surface area contributed by atoms with Gasteiger partial charge in [0, 0.05) is 10.9 Å². The maximum Gasteiger partial charge on any atom is 0.0289 e. The summed E-state index contributed by atoms with van der Waals surface area (Å²) < 4.78 is 0. The molecule has 1 rings (SSSR count). The average molecular weight is 181 g/mol. The highest BCUT2D eigenvalue weighted by Gasteiger charge is 2.00. The molecule has 2 heteroatoms. The Morgan fingerprint density at radius 3 is 2.25 bits per heavy atom. The van der Waals surface area contributed by atoms with Gasteiger partial charge in [-0.25, -0.2) is 0 Å². The van der Waals surface area contributed by atoms with Gasteiger partial charge < -0.3 is 5.32 Å². The van der Waals surface area contributed by atoms with Crippen molar-refractivity contribution < 1.29 is 0 Å². The zero-order valence-corrected chi connectivity index (χ0v) is 8.61. The molecule has 0 heterocycles. The third kappa shape index (κ3) is 2.26. The Morgan fingerprint density at radius 2 is 1.83 bits per heavy atom. The number of nitrogens with one attached hydrogen (secondary N) is 1. The highest BCUT2D eigenvalue weighted by atomic mass is 32.2. The van der Waals surface area contributed by atoms with Crippen LogP contribution < -0.4 is 5.32 Å². The molecule has 0 saturated carbocycles. The third-order valence-electron chi connectivity index (χ3n) is 2.05. The SMILES string of the molecule is CN[C@@H](C)c1ccc(SC)cc1. The number of thioether (sulfide) groups is 1. The predicted molar refractivity (Wildman–Crippen MR) is 55.7 cm³/mol. The fraction of sp³-hybridized carbons (Fsp3) is 0.400. The maximum absolute atomic E-state index is 3.21. The molecule has 0 amide bonds. The van der Waals surface area contributed by atoms with E-state index in [1.165, 1.54) is 10.5 Å². The summed E-state index contributed by atoms with van der Waals surface area (Å²) in [4.78, 5) is 1.32. The van der Waals surface area contributed by atoms with Gasteiger partial charge in [0.1, 0.15) is 0 Å². The first-order valence-corrected chi connectivity index (χ1v) is 5.31. The third-order valence-corrected chi connectivity index (χ3v) is 2.79. The molecule has 0 aromatic heterocycles. The molecule has 0 spiro atoms. The number of rotatable bonds is 3. The standard InChI is InChI=1S/C10H15NS/c1-8(11-2)9-4-6-10(12-3)7-5-9/h4-8,11H,1-3H3/t8-/m0/s1. The molecule has 0 unspecified atom stereocenters. The highest BCUT2D eigenvalue weighted by molar-refractivity contribution is 7.98. The molecule has 66 valence electrons. The van der Waals surface area contributed by atoms with E-state index in [9.17, 15) is 0 Å². The van der Waals surface area contributed by atoms with Crippen LogP contribution in [0, 0.1) is 0 Å². The minimum atomic E-state index is 0.445. The lowest BCUT2D eigenvalue weighted by atomic mass is 10.1. The molecule has 0 fully saturated rings. The van der Waals surface area contributed by atoms with Gasteiger partial charge in [-0.2, -0.15) is 0 Å². The molecule has 1 aromatic rings. The van der Waals surface area contributed by atoms with E-state index in [0.717, 1.165) is 0 Å². The molecule has 0 radical (unpaired) electrons. The Balaban J connectivity index is 2.77. The van der Waals surface area contributed by atoms with Crippen LogP contribution in [0.5, 0.6) is 0 Å². The van der Waals surface area contributed by atoms with Crippen LogP contribution in [0.1, 0.15) is 18.5 Å². The van der Waals surface area contributed by atoms with Crippen LogP contribution >= 0.6 is 11.8 Å². The molecular formula is C10H15NS. The zero-order valence-electron chi connectivity index (χ0n) is 7.79. The summed E-state index contributed by atoms with van der Waals surface area (Å²) in [5.41, 5.74) is 1.34. The molecule has 1 atom stereocenters. The van der Waals surface area contributed by atoms with Crippen LogP contribution in [0.15, 0.2) is 29.2 Å². The van der Waals surface area contributed by atoms with E-state index in [2.05, 4.69) is 42.8 Å². The minimum Gasteiger partial charge on any atom is -0.313 e. The molecule has 0 bridgehead atoms. The van der Waals surface area contributed by atoms with Gasteiger partial charge in [-0.1, -0.05) is 12.1 Å². The van der Waals surface area contributed by atoms with Crippen molar-refractivity contribution in [2.24, 2.45) is 0 Å². The van der Waals surface area contributed by atoms with Crippen LogP contribution in [0.3, 0.4) is 0 Å². The van der Waals surface area contributed by atoms with Gasteiger partial charge in [0.15, 0.2) is 0 Å². The smallest absolute Gasteiger partial charge is 0.0289 e. The van der Waals surface area contributed by atoms with Crippen LogP contribution in [0.2, 0.25) is 0 Å². The van der Waals surface area contributed by atoms with Gasteiger partial charge in [-0.3, -0.25) is 0 Å². The largest absolute Gasteiger partial charge is 0.313 e. The fourth-order valence-corrected chi connectivity index (χ4v) is 1.47. The summed E-state index contributed by atoms with van der Waals surface area (Å²) in [6.07, 6.45) is 2.09. The topological polar surface area (TPSA) is 12.0 Å². The Hall–Kier alpha value is -0.470. The summed E-state index contributed by atoms with van der Waals surface area (Å²) in [6, 6.07) is 9.11. The molecule has 0 aliphatic carbocycles. The van der Waals surface area contributed by atoms with E-state index in [0.29, 0.717) is 6.04 Å². The molecule has 12 heavy (non-hydrogen) atoms. The van der Waals surface area contributed by atoms with Crippen molar-refractivity contribution in [1.29, 1.82) is 0 Å². The van der Waals surface area contributed by atoms with Crippen molar-refractivity contribution in [3.63, 3.8) is 0 Å². The summed E-state index contributed by atoms with van der Waals surface area (Å²) in [7, 11) is 1.98. The van der Waals surface area contributed by atoms with E-state index in [-0.39, 0.29) is 0 Å². The first kappa shape index (κ1) is 9.62. The van der Waals surface area contributed by atoms with Crippen molar-refractivity contribution in [2.75, 3.05) is 13.3 Å². The molecular weight excluding hydrogens is 166 g/mol. The van der Waals surface area contributed by atoms with E-state index >= 15 is 0 Å². The van der Waals surface area contributed by atoms with Gasteiger partial charge in [0.05, 0.1) is 0 Å². The normalized spacial score (nSPS) is 12.9. The predicted octanol–water partition coefficient (Wildman–Crippen LogP) is 2.69. The van der Waals surface area contributed by atoms with E-state index in [4.69, 9.17) is 0 Å². The lowest BCUT2D eigenvalue weighted by Gasteiger charge is -2.10. The number of benzene rings is 1. The van der Waals surface area contributed by atoms with Crippen LogP contribution in [0.25, 0.3) is 0 Å². The molecule has 0 aliphatic heterocycles. The number of hydrogen-bond donors (Lipinski definition) is 1. The van der Waals surface area contributed by atoms with Crippen molar-refractivity contribution in [3.8, 4) is 0 Å². The first-order valence-electron chi connectivity index (χ1n) is 4.09. The lowest BCUT2D eigenvalue weighted by molar-refractivity contribution is 0.652. The summed E-state index contributed by atoms with van der Waals surface area (Å²) in [5.74, 6) is 0. The van der Waals surface area contributed by atoms with Crippen molar-refractivity contribution in [2.45, 2.75) is 17.9 Å². The van der Waals surface area contributed by atoms with E-state index < -0.39 is 0 Å². The Morgan fingerprint density at radius 1 is 1.25 bits per heavy atom. The number of hydrogen-bond acceptors (Lipinski definition) is 2. The monoisotopic (exact) mass is 181 g/mol. The Kier molecular flexibility index (Phi) is 3.63. The van der Waals surface area contributed by atoms with Gasteiger partial charge in [-0.05, 0) is 37.9 Å². The van der Waals surface area contributed by atoms with E-state index in [1.54, 1.807) is 11.8 Å². The fourth-order valence-electron chi connectivity index (χ4n) is 1.06. The van der Waals surface area contributed by atoms with Gasteiger partial charge in [0.2, 0.25) is 0 Å². The van der Waals surface area contributed by atoms with Crippen LogP contribution in [0.4, 0.5) is 0 Å². The lowest BCUT2D eigenvalue weighted by Crippen LogP contribution is -2.11. The molecule has 1 aromatic carbocycles. The summed E-state index contributed by atoms with van der Waals surface area (Å²) >= 11 is 1.78. The first-order chi connectivity index (χ1) is 5.77. The Bertz CT molecular complexity index is 230. The summed E-state index contributed by atoms with van der Waals surface area (Å²) in [5, 5.41) is 3.21. The Labute approximate surface area is 78.6 Å². The van der Waals surface area contributed by atoms with Crippen molar-refractivity contribution >= 4 is 11.8 Å². The maximum atomic E-state index is 3.21. The van der Waals surface area contributed by atoms with Crippen molar-refractivity contribution in [1.82, 2.24) is 5.32 Å².